The van der Waals surface area contributed by atoms with E-state index in [0.29, 0.717) is 5.96 Å². The summed E-state index contributed by atoms with van der Waals surface area (Å²) < 4.78 is 1.04. The lowest BCUT2D eigenvalue weighted by Gasteiger charge is -2.09. The van der Waals surface area contributed by atoms with Crippen molar-refractivity contribution in [2.24, 2.45) is 4.99 Å². The van der Waals surface area contributed by atoms with Crippen LogP contribution >= 0.6 is 15.9 Å². The number of halogens is 1. The van der Waals surface area contributed by atoms with Crippen LogP contribution in [0.2, 0.25) is 0 Å². The van der Waals surface area contributed by atoms with E-state index in [-0.39, 0.29) is 11.9 Å². The van der Waals surface area contributed by atoms with Crippen molar-refractivity contribution in [1.82, 2.24) is 10.6 Å². The lowest BCUT2D eigenvalue weighted by Crippen LogP contribution is -2.24. The van der Waals surface area contributed by atoms with Gasteiger partial charge in [0.15, 0.2) is 5.96 Å². The summed E-state index contributed by atoms with van der Waals surface area (Å²) in [4.78, 5) is 15.6. The van der Waals surface area contributed by atoms with E-state index in [1.807, 2.05) is 25.1 Å². The Morgan fingerprint density at radius 3 is 2.75 bits per heavy atom. The van der Waals surface area contributed by atoms with Crippen molar-refractivity contribution in [3.05, 3.63) is 33.8 Å². The third-order valence-corrected chi connectivity index (χ3v) is 3.41. The molecule has 1 saturated heterocycles. The van der Waals surface area contributed by atoms with Gasteiger partial charge < -0.3 is 5.32 Å². The summed E-state index contributed by atoms with van der Waals surface area (Å²) in [6.07, 6.45) is 0. The average molecular weight is 282 g/mol. The van der Waals surface area contributed by atoms with Gasteiger partial charge in [0, 0.05) is 11.5 Å². The molecular weight excluding hydrogens is 270 g/mol. The number of carbonyl (C=O) groups is 1. The van der Waals surface area contributed by atoms with Gasteiger partial charge in [-0.25, -0.2) is 0 Å². The molecule has 4 nitrogen and oxygen atoms in total. The van der Waals surface area contributed by atoms with E-state index >= 15 is 0 Å². The van der Waals surface area contributed by atoms with E-state index in [1.165, 1.54) is 0 Å². The monoisotopic (exact) mass is 281 g/mol. The zero-order chi connectivity index (χ0) is 11.7. The van der Waals surface area contributed by atoms with Crippen LogP contribution in [0, 0.1) is 6.92 Å². The molecule has 0 radical (unpaired) electrons. The first-order chi connectivity index (χ1) is 7.61. The minimum Gasteiger partial charge on any atom is -0.340 e. The molecule has 0 spiro atoms. The Kier molecular flexibility index (Phi) is 2.96. The van der Waals surface area contributed by atoms with E-state index in [0.717, 1.165) is 15.6 Å². The van der Waals surface area contributed by atoms with Crippen LogP contribution in [-0.2, 0) is 4.79 Å². The molecule has 1 atom stereocenters. The van der Waals surface area contributed by atoms with E-state index in [2.05, 4.69) is 31.6 Å². The second kappa shape index (κ2) is 4.25. The number of nitrogens with one attached hydrogen (secondary N) is 2. The first kappa shape index (κ1) is 11.1. The fourth-order valence-corrected chi connectivity index (χ4v) is 1.88. The van der Waals surface area contributed by atoms with Gasteiger partial charge in [-0.15, -0.1) is 0 Å². The number of hydrogen-bond donors (Lipinski definition) is 2. The van der Waals surface area contributed by atoms with Gasteiger partial charge in [-0.05, 0) is 24.1 Å². The predicted octanol–water partition coefficient (Wildman–Crippen LogP) is 1.50. The zero-order valence-corrected chi connectivity index (χ0v) is 10.6. The van der Waals surface area contributed by atoms with Crippen molar-refractivity contribution in [2.75, 3.05) is 7.05 Å². The Bertz CT molecular complexity index is 470. The fraction of sp³-hybridized carbons (Fsp3) is 0.273. The molecule has 0 aliphatic carbocycles. The van der Waals surface area contributed by atoms with Gasteiger partial charge in [0.2, 0.25) is 0 Å². The Morgan fingerprint density at radius 1 is 1.44 bits per heavy atom. The number of rotatable bonds is 1. The van der Waals surface area contributed by atoms with Crippen LogP contribution < -0.4 is 10.6 Å². The van der Waals surface area contributed by atoms with Crippen molar-refractivity contribution < 1.29 is 4.79 Å². The topological polar surface area (TPSA) is 53.5 Å². The minimum absolute atomic E-state index is 0.0673. The van der Waals surface area contributed by atoms with Crippen LogP contribution in [0.5, 0.6) is 0 Å². The van der Waals surface area contributed by atoms with Crippen LogP contribution in [0.1, 0.15) is 17.2 Å². The largest absolute Gasteiger partial charge is 0.340 e. The fourth-order valence-electron chi connectivity index (χ4n) is 1.63. The van der Waals surface area contributed by atoms with E-state index < -0.39 is 0 Å². The number of carbonyl (C=O) groups excluding carboxylic acids is 1. The van der Waals surface area contributed by atoms with Gasteiger partial charge in [-0.3, -0.25) is 15.1 Å². The quantitative estimate of drug-likeness (QED) is 0.820. The molecule has 1 aromatic rings. The Hall–Kier alpha value is -1.36. The molecule has 0 bridgehead atoms. The maximum Gasteiger partial charge on any atom is 0.253 e. The first-order valence-corrected chi connectivity index (χ1v) is 5.71. The van der Waals surface area contributed by atoms with Crippen molar-refractivity contribution in [2.45, 2.75) is 13.0 Å². The summed E-state index contributed by atoms with van der Waals surface area (Å²) in [6.45, 7) is 2.00. The lowest BCUT2D eigenvalue weighted by atomic mass is 10.0. The number of guanidine groups is 1. The maximum atomic E-state index is 11.7. The van der Waals surface area contributed by atoms with Crippen molar-refractivity contribution in [3.63, 3.8) is 0 Å². The average Bonchev–Trinajstić information content (AvgIpc) is 2.64. The molecule has 16 heavy (non-hydrogen) atoms. The van der Waals surface area contributed by atoms with Crippen LogP contribution in [0.4, 0.5) is 0 Å². The van der Waals surface area contributed by atoms with Gasteiger partial charge in [-0.1, -0.05) is 28.1 Å². The Balaban J connectivity index is 2.31. The normalized spacial score (nSPS) is 22.1. The van der Waals surface area contributed by atoms with Crippen LogP contribution in [0.25, 0.3) is 0 Å². The highest BCUT2D eigenvalue weighted by atomic mass is 79.9. The number of amides is 1. The smallest absolute Gasteiger partial charge is 0.253 e. The molecule has 1 unspecified atom stereocenters. The molecule has 1 amide bonds. The molecule has 84 valence electrons. The highest BCUT2D eigenvalue weighted by molar-refractivity contribution is 9.10. The van der Waals surface area contributed by atoms with Gasteiger partial charge in [0.1, 0.15) is 6.04 Å². The van der Waals surface area contributed by atoms with Gasteiger partial charge in [-0.2, -0.15) is 0 Å². The third-order valence-electron chi connectivity index (χ3n) is 2.52. The molecule has 1 aromatic carbocycles. The summed E-state index contributed by atoms with van der Waals surface area (Å²) in [5.41, 5.74) is 2.05. The molecule has 1 heterocycles. The van der Waals surface area contributed by atoms with E-state index in [9.17, 15) is 4.79 Å². The van der Waals surface area contributed by atoms with Gasteiger partial charge in [0.25, 0.3) is 5.91 Å². The van der Waals surface area contributed by atoms with Crippen LogP contribution in [-0.4, -0.2) is 18.9 Å². The molecule has 2 rings (SSSR count). The highest BCUT2D eigenvalue weighted by Gasteiger charge is 2.29. The minimum atomic E-state index is -0.342. The molecule has 1 aliphatic rings. The van der Waals surface area contributed by atoms with Crippen molar-refractivity contribution in [1.29, 1.82) is 0 Å². The van der Waals surface area contributed by atoms with Crippen molar-refractivity contribution in [3.8, 4) is 0 Å². The zero-order valence-electron chi connectivity index (χ0n) is 9.04. The number of aryl methyl sites for hydroxylation is 1. The number of aliphatic imine (C=N–C) groups is 1. The second-order valence-corrected chi connectivity index (χ2v) is 4.50. The van der Waals surface area contributed by atoms with Gasteiger partial charge >= 0.3 is 0 Å². The summed E-state index contributed by atoms with van der Waals surface area (Å²) in [5, 5.41) is 5.70. The summed E-state index contributed by atoms with van der Waals surface area (Å²) >= 11 is 3.43. The highest BCUT2D eigenvalue weighted by Crippen LogP contribution is 2.22. The summed E-state index contributed by atoms with van der Waals surface area (Å²) in [6, 6.07) is 5.51. The van der Waals surface area contributed by atoms with E-state index in [4.69, 9.17) is 0 Å². The predicted molar refractivity (Wildman–Crippen MR) is 66.3 cm³/mol. The molecule has 1 fully saturated rings. The SMILES string of the molecule is CN=C1NC(=O)C(c2ccc(Br)c(C)c2)N1. The summed E-state index contributed by atoms with van der Waals surface area (Å²) in [7, 11) is 1.64. The number of benzene rings is 1. The van der Waals surface area contributed by atoms with Crippen LogP contribution in [0.3, 0.4) is 0 Å². The Morgan fingerprint density at radius 2 is 2.19 bits per heavy atom. The number of nitrogens with zero attached hydrogens (tertiary/aromatic N) is 1. The molecule has 2 N–H and O–H groups in total. The second-order valence-electron chi connectivity index (χ2n) is 3.65. The Labute approximate surface area is 102 Å². The number of hydrogen-bond acceptors (Lipinski definition) is 2. The lowest BCUT2D eigenvalue weighted by molar-refractivity contribution is -0.120. The maximum absolute atomic E-state index is 11.7. The third kappa shape index (κ3) is 1.95. The molecular formula is C11H12BrN3O. The van der Waals surface area contributed by atoms with Gasteiger partial charge in [0.05, 0.1) is 0 Å². The molecule has 0 saturated carbocycles. The first-order valence-electron chi connectivity index (χ1n) is 4.92. The molecule has 0 aromatic heterocycles. The van der Waals surface area contributed by atoms with Crippen molar-refractivity contribution >= 4 is 27.8 Å². The molecule has 5 heteroatoms. The van der Waals surface area contributed by atoms with Crippen LogP contribution in [0.15, 0.2) is 27.7 Å². The standard InChI is InChI=1S/C11H12BrN3O/c1-6-5-7(3-4-8(6)12)9-10(16)15-11(13-2)14-9/h3-5,9H,1-2H3,(H2,13,14,15,16). The summed E-state index contributed by atoms with van der Waals surface area (Å²) in [5.74, 6) is 0.456. The molecule has 1 aliphatic heterocycles. The van der Waals surface area contributed by atoms with E-state index in [1.54, 1.807) is 7.05 Å².